The van der Waals surface area contributed by atoms with E-state index in [2.05, 4.69) is 4.72 Å². The summed E-state index contributed by atoms with van der Waals surface area (Å²) in [4.78, 5) is 10.5. The highest BCUT2D eigenvalue weighted by Gasteiger charge is 2.38. The van der Waals surface area contributed by atoms with Gasteiger partial charge in [0.05, 0.1) is 17.9 Å². The van der Waals surface area contributed by atoms with Crippen molar-refractivity contribution in [3.63, 3.8) is 0 Å². The summed E-state index contributed by atoms with van der Waals surface area (Å²) in [6.07, 6.45) is 1.59. The number of rotatable bonds is 5. The van der Waals surface area contributed by atoms with Crippen LogP contribution < -0.4 is 4.72 Å². The van der Waals surface area contributed by atoms with Crippen LogP contribution in [0.4, 0.5) is 10.1 Å². The van der Waals surface area contributed by atoms with Crippen LogP contribution in [-0.2, 0) is 24.8 Å². The molecule has 140 valence electrons. The maximum absolute atomic E-state index is 14.3. The lowest BCUT2D eigenvalue weighted by molar-refractivity contribution is -0.143. The van der Waals surface area contributed by atoms with E-state index in [1.54, 1.807) is 6.92 Å². The molecule has 0 aromatic heterocycles. The molecular weight excluding hydrogens is 375 g/mol. The second-order valence-electron chi connectivity index (χ2n) is 6.06. The summed E-state index contributed by atoms with van der Waals surface area (Å²) >= 11 is 0. The molecule has 25 heavy (non-hydrogen) atoms. The minimum Gasteiger partial charge on any atom is -0.481 e. The van der Waals surface area contributed by atoms with Crippen LogP contribution in [0.1, 0.15) is 19.8 Å². The van der Waals surface area contributed by atoms with Gasteiger partial charge >= 0.3 is 5.97 Å². The molecule has 1 fully saturated rings. The van der Waals surface area contributed by atoms with Gasteiger partial charge in [0.1, 0.15) is 10.7 Å². The van der Waals surface area contributed by atoms with Gasteiger partial charge in [-0.2, -0.15) is 4.31 Å². The van der Waals surface area contributed by atoms with Crippen molar-refractivity contribution in [1.29, 1.82) is 0 Å². The fourth-order valence-corrected chi connectivity index (χ4v) is 5.03. The smallest absolute Gasteiger partial charge is 0.307 e. The zero-order chi connectivity index (χ0) is 19.0. The van der Waals surface area contributed by atoms with E-state index in [1.807, 2.05) is 0 Å². The number of aliphatic carboxylic acids is 1. The van der Waals surface area contributed by atoms with Crippen molar-refractivity contribution < 1.29 is 31.1 Å². The molecule has 0 bridgehead atoms. The Hall–Kier alpha value is -1.72. The third-order valence-corrected chi connectivity index (χ3v) is 6.62. The SMILES string of the molecule is CC1CCC(C(=O)O)CN1S(=O)(=O)c1ccc(NS(C)(=O)=O)cc1F. The largest absolute Gasteiger partial charge is 0.481 e. The van der Waals surface area contributed by atoms with Crippen LogP contribution in [0.15, 0.2) is 23.1 Å². The van der Waals surface area contributed by atoms with E-state index >= 15 is 0 Å². The zero-order valence-electron chi connectivity index (χ0n) is 13.6. The number of carboxylic acid groups (broad SMARTS) is 1. The van der Waals surface area contributed by atoms with Crippen LogP contribution >= 0.6 is 0 Å². The molecule has 0 amide bonds. The average molecular weight is 394 g/mol. The molecule has 2 N–H and O–H groups in total. The lowest BCUT2D eigenvalue weighted by atomic mass is 9.96. The first-order valence-corrected chi connectivity index (χ1v) is 10.8. The van der Waals surface area contributed by atoms with Crippen molar-refractivity contribution in [2.24, 2.45) is 5.92 Å². The first kappa shape index (κ1) is 19.6. The summed E-state index contributed by atoms with van der Waals surface area (Å²) in [5.74, 6) is -3.06. The third-order valence-electron chi connectivity index (χ3n) is 4.00. The summed E-state index contributed by atoms with van der Waals surface area (Å²) in [6, 6.07) is 2.42. The monoisotopic (exact) mass is 394 g/mol. The van der Waals surface area contributed by atoms with Crippen LogP contribution in [0, 0.1) is 11.7 Å². The molecule has 0 saturated carbocycles. The van der Waals surface area contributed by atoms with Crippen LogP contribution in [0.2, 0.25) is 0 Å². The topological polar surface area (TPSA) is 121 Å². The van der Waals surface area contributed by atoms with Gasteiger partial charge < -0.3 is 5.11 Å². The molecule has 1 saturated heterocycles. The Morgan fingerprint density at radius 2 is 1.92 bits per heavy atom. The number of hydrogen-bond donors (Lipinski definition) is 2. The Bertz CT molecular complexity index is 885. The molecule has 0 radical (unpaired) electrons. The lowest BCUT2D eigenvalue weighted by Gasteiger charge is -2.35. The number of piperidine rings is 1. The van der Waals surface area contributed by atoms with E-state index in [0.29, 0.717) is 12.8 Å². The minimum absolute atomic E-state index is 0.103. The number of nitrogens with one attached hydrogen (secondary N) is 1. The number of sulfonamides is 2. The van der Waals surface area contributed by atoms with Crippen molar-refractivity contribution in [1.82, 2.24) is 4.31 Å². The maximum Gasteiger partial charge on any atom is 0.307 e. The van der Waals surface area contributed by atoms with E-state index in [1.165, 1.54) is 0 Å². The highest BCUT2D eigenvalue weighted by molar-refractivity contribution is 7.92. The van der Waals surface area contributed by atoms with Gasteiger partial charge in [-0.3, -0.25) is 9.52 Å². The quantitative estimate of drug-likeness (QED) is 0.771. The van der Waals surface area contributed by atoms with Gasteiger partial charge in [0, 0.05) is 12.6 Å². The summed E-state index contributed by atoms with van der Waals surface area (Å²) in [5.41, 5.74) is -0.103. The molecule has 1 aromatic carbocycles. The zero-order valence-corrected chi connectivity index (χ0v) is 15.3. The summed E-state index contributed by atoms with van der Waals surface area (Å²) in [5, 5.41) is 9.12. The Morgan fingerprint density at radius 1 is 1.28 bits per heavy atom. The Balaban J connectivity index is 2.37. The maximum atomic E-state index is 14.3. The van der Waals surface area contributed by atoms with Gasteiger partial charge in [-0.1, -0.05) is 0 Å². The van der Waals surface area contributed by atoms with Crippen LogP contribution in [0.5, 0.6) is 0 Å². The van der Waals surface area contributed by atoms with Crippen LogP contribution in [0.25, 0.3) is 0 Å². The molecule has 11 heteroatoms. The molecule has 1 aliphatic heterocycles. The van der Waals surface area contributed by atoms with Gasteiger partial charge in [0.2, 0.25) is 20.0 Å². The molecule has 8 nitrogen and oxygen atoms in total. The molecule has 2 rings (SSSR count). The summed E-state index contributed by atoms with van der Waals surface area (Å²) in [7, 11) is -7.88. The molecule has 2 atom stereocenters. The van der Waals surface area contributed by atoms with Crippen molar-refractivity contribution >= 4 is 31.7 Å². The number of carboxylic acids is 1. The van der Waals surface area contributed by atoms with Gasteiger partial charge in [0.15, 0.2) is 0 Å². The fraction of sp³-hybridized carbons (Fsp3) is 0.500. The molecule has 2 unspecified atom stereocenters. The number of benzene rings is 1. The minimum atomic E-state index is -4.25. The Kier molecular flexibility index (Phi) is 5.40. The van der Waals surface area contributed by atoms with Crippen molar-refractivity contribution in [2.45, 2.75) is 30.7 Å². The standard InChI is InChI=1S/C14H19FN2O6S2/c1-9-3-4-10(14(18)19)8-17(9)25(22,23)13-6-5-11(7-12(13)15)16-24(2,20)21/h5-7,9-10,16H,3-4,8H2,1-2H3,(H,18,19). The van der Waals surface area contributed by atoms with Crippen molar-refractivity contribution in [2.75, 3.05) is 17.5 Å². The first-order valence-electron chi connectivity index (χ1n) is 7.44. The van der Waals surface area contributed by atoms with Gasteiger partial charge in [-0.15, -0.1) is 0 Å². The number of anilines is 1. The Labute approximate surface area is 145 Å². The summed E-state index contributed by atoms with van der Waals surface area (Å²) < 4.78 is 65.2. The van der Waals surface area contributed by atoms with Crippen LogP contribution in [-0.4, -0.2) is 51.1 Å². The highest BCUT2D eigenvalue weighted by atomic mass is 32.2. The predicted molar refractivity (Wildman–Crippen MR) is 88.6 cm³/mol. The molecular formula is C14H19FN2O6S2. The van der Waals surface area contributed by atoms with E-state index in [0.717, 1.165) is 28.8 Å². The van der Waals surface area contributed by atoms with Crippen molar-refractivity contribution in [3.8, 4) is 0 Å². The highest BCUT2D eigenvalue weighted by Crippen LogP contribution is 2.30. The number of carbonyl (C=O) groups is 1. The van der Waals surface area contributed by atoms with E-state index in [9.17, 15) is 26.0 Å². The molecule has 1 aliphatic rings. The fourth-order valence-electron chi connectivity index (χ4n) is 2.73. The van der Waals surface area contributed by atoms with Gasteiger partial charge in [0.25, 0.3) is 0 Å². The van der Waals surface area contributed by atoms with E-state index in [-0.39, 0.29) is 12.2 Å². The van der Waals surface area contributed by atoms with Crippen molar-refractivity contribution in [3.05, 3.63) is 24.0 Å². The number of hydrogen-bond acceptors (Lipinski definition) is 5. The normalized spacial score (nSPS) is 22.5. The molecule has 0 aliphatic carbocycles. The number of nitrogens with zero attached hydrogens (tertiary/aromatic N) is 1. The second-order valence-corrected chi connectivity index (χ2v) is 9.66. The van der Waals surface area contributed by atoms with E-state index in [4.69, 9.17) is 5.11 Å². The molecule has 1 heterocycles. The molecule has 1 aromatic rings. The number of halogens is 1. The lowest BCUT2D eigenvalue weighted by Crippen LogP contribution is -2.47. The average Bonchev–Trinajstić information content (AvgIpc) is 2.45. The third kappa shape index (κ3) is 4.47. The van der Waals surface area contributed by atoms with Gasteiger partial charge in [-0.25, -0.2) is 21.2 Å². The molecule has 0 spiro atoms. The summed E-state index contributed by atoms with van der Waals surface area (Å²) in [6.45, 7) is 1.40. The Morgan fingerprint density at radius 3 is 2.44 bits per heavy atom. The second kappa shape index (κ2) is 6.89. The van der Waals surface area contributed by atoms with E-state index < -0.39 is 48.7 Å². The van der Waals surface area contributed by atoms with Crippen LogP contribution in [0.3, 0.4) is 0 Å². The van der Waals surface area contributed by atoms with Gasteiger partial charge in [-0.05, 0) is 38.0 Å². The predicted octanol–water partition coefficient (Wildman–Crippen LogP) is 1.07. The first-order chi connectivity index (χ1) is 11.4.